The van der Waals surface area contributed by atoms with E-state index in [-0.39, 0.29) is 0 Å². The van der Waals surface area contributed by atoms with Gasteiger partial charge in [0.2, 0.25) is 6.29 Å². The summed E-state index contributed by atoms with van der Waals surface area (Å²) in [6, 6.07) is 7.34. The smallest absolute Gasteiger partial charge is 0.245 e. The fraction of sp³-hybridized carbons (Fsp3) is 0.300. The van der Waals surface area contributed by atoms with Crippen LogP contribution in [0.25, 0.3) is 0 Å². The van der Waals surface area contributed by atoms with Gasteiger partial charge in [-0.05, 0) is 32.0 Å². The van der Waals surface area contributed by atoms with Crippen LogP contribution in [0.3, 0.4) is 0 Å². The largest absolute Gasteiger partial charge is 0.480 e. The van der Waals surface area contributed by atoms with Crippen LogP contribution in [-0.2, 0) is 4.79 Å². The number of hydrogen-bond acceptors (Lipinski definition) is 2. The number of halogens is 1. The van der Waals surface area contributed by atoms with Crippen LogP contribution in [0.2, 0.25) is 0 Å². The second-order valence-corrected chi connectivity index (χ2v) is 4.09. The van der Waals surface area contributed by atoms with E-state index < -0.39 is 5.60 Å². The van der Waals surface area contributed by atoms with E-state index in [0.717, 1.165) is 4.47 Å². The molecule has 0 aliphatic heterocycles. The maximum atomic E-state index is 10.5. The van der Waals surface area contributed by atoms with Crippen molar-refractivity contribution < 1.29 is 9.53 Å². The topological polar surface area (TPSA) is 26.3 Å². The lowest BCUT2D eigenvalue weighted by atomic mass is 10.2. The Labute approximate surface area is 86.0 Å². The first-order valence-electron chi connectivity index (χ1n) is 3.87. The van der Waals surface area contributed by atoms with Gasteiger partial charge < -0.3 is 4.74 Å². The van der Waals surface area contributed by atoms with Crippen LogP contribution >= 0.6 is 15.9 Å². The van der Waals surface area contributed by atoms with Crippen LogP contribution < -0.4 is 4.74 Å². The Kier molecular flexibility index (Phi) is 3.09. The third-order valence-corrected chi connectivity index (χ3v) is 1.91. The summed E-state index contributed by atoms with van der Waals surface area (Å²) in [6.07, 6.45) is 1.82. The molecule has 1 rings (SSSR count). The zero-order valence-electron chi connectivity index (χ0n) is 7.50. The summed E-state index contributed by atoms with van der Waals surface area (Å²) < 4.78 is 6.30. The molecular formula is C10H10BrO2. The summed E-state index contributed by atoms with van der Waals surface area (Å²) >= 11 is 3.31. The molecule has 0 saturated heterocycles. The number of benzene rings is 1. The fourth-order valence-electron chi connectivity index (χ4n) is 0.846. The second-order valence-electron chi connectivity index (χ2n) is 3.17. The Morgan fingerprint density at radius 2 is 2.15 bits per heavy atom. The van der Waals surface area contributed by atoms with Crippen molar-refractivity contribution in [1.82, 2.24) is 0 Å². The summed E-state index contributed by atoms with van der Waals surface area (Å²) in [4.78, 5) is 10.5. The first-order valence-corrected chi connectivity index (χ1v) is 4.67. The molecular weight excluding hydrogens is 232 g/mol. The van der Waals surface area contributed by atoms with E-state index in [2.05, 4.69) is 15.9 Å². The molecule has 0 unspecified atom stereocenters. The Morgan fingerprint density at radius 1 is 1.46 bits per heavy atom. The summed E-state index contributed by atoms with van der Waals surface area (Å²) in [5, 5.41) is 0. The van der Waals surface area contributed by atoms with Gasteiger partial charge >= 0.3 is 0 Å². The third kappa shape index (κ3) is 3.19. The molecule has 13 heavy (non-hydrogen) atoms. The average molecular weight is 242 g/mol. The maximum Gasteiger partial charge on any atom is 0.245 e. The molecule has 0 bridgehead atoms. The van der Waals surface area contributed by atoms with Crippen LogP contribution in [0, 0.1) is 0 Å². The van der Waals surface area contributed by atoms with Gasteiger partial charge in [-0.2, -0.15) is 0 Å². The van der Waals surface area contributed by atoms with Gasteiger partial charge in [0.05, 0.1) is 0 Å². The second kappa shape index (κ2) is 3.92. The maximum absolute atomic E-state index is 10.5. The van der Waals surface area contributed by atoms with Gasteiger partial charge in [-0.1, -0.05) is 22.0 Å². The van der Waals surface area contributed by atoms with E-state index in [4.69, 9.17) is 4.74 Å². The highest BCUT2D eigenvalue weighted by Gasteiger charge is 2.19. The molecule has 0 fully saturated rings. The van der Waals surface area contributed by atoms with Crippen LogP contribution in [0.4, 0.5) is 0 Å². The third-order valence-electron chi connectivity index (χ3n) is 1.41. The van der Waals surface area contributed by atoms with Crippen molar-refractivity contribution in [2.24, 2.45) is 0 Å². The highest BCUT2D eigenvalue weighted by Crippen LogP contribution is 2.21. The fourth-order valence-corrected chi connectivity index (χ4v) is 1.22. The highest BCUT2D eigenvalue weighted by atomic mass is 79.9. The van der Waals surface area contributed by atoms with Gasteiger partial charge in [0.25, 0.3) is 0 Å². The first-order chi connectivity index (χ1) is 6.03. The summed E-state index contributed by atoms with van der Waals surface area (Å²) in [7, 11) is 0. The average Bonchev–Trinajstić information content (AvgIpc) is 2.03. The molecule has 0 aliphatic rings. The molecule has 0 amide bonds. The van der Waals surface area contributed by atoms with Crippen molar-refractivity contribution in [2.75, 3.05) is 0 Å². The molecule has 0 aliphatic carbocycles. The molecule has 69 valence electrons. The molecule has 1 aromatic rings. The van der Waals surface area contributed by atoms with Crippen molar-refractivity contribution in [3.63, 3.8) is 0 Å². The lowest BCUT2D eigenvalue weighted by Crippen LogP contribution is -2.29. The monoisotopic (exact) mass is 241 g/mol. The number of carbonyl (C=O) groups excluding carboxylic acids is 1. The molecule has 0 saturated carbocycles. The molecule has 1 radical (unpaired) electrons. The van der Waals surface area contributed by atoms with E-state index in [9.17, 15) is 4.79 Å². The van der Waals surface area contributed by atoms with Crippen LogP contribution in [0.15, 0.2) is 28.7 Å². The molecule has 0 heterocycles. The Bertz CT molecular complexity index is 308. The predicted octanol–water partition coefficient (Wildman–Crippen LogP) is 2.72. The van der Waals surface area contributed by atoms with Crippen molar-refractivity contribution in [3.8, 4) is 5.75 Å². The van der Waals surface area contributed by atoms with Gasteiger partial charge in [-0.3, -0.25) is 4.79 Å². The normalized spacial score (nSPS) is 11.0. The van der Waals surface area contributed by atoms with E-state index in [1.165, 1.54) is 0 Å². The predicted molar refractivity (Wildman–Crippen MR) is 54.5 cm³/mol. The minimum absolute atomic E-state index is 0.655. The lowest BCUT2D eigenvalue weighted by molar-refractivity contribution is 0.176. The summed E-state index contributed by atoms with van der Waals surface area (Å²) in [5.74, 6) is 0.655. The van der Waals surface area contributed by atoms with Crippen molar-refractivity contribution in [3.05, 3.63) is 28.7 Å². The molecule has 0 aromatic heterocycles. The zero-order valence-corrected chi connectivity index (χ0v) is 9.09. The summed E-state index contributed by atoms with van der Waals surface area (Å²) in [6.45, 7) is 3.34. The van der Waals surface area contributed by atoms with Crippen LogP contribution in [0.1, 0.15) is 13.8 Å². The molecule has 0 N–H and O–H groups in total. The molecule has 2 nitrogen and oxygen atoms in total. The van der Waals surface area contributed by atoms with Crippen molar-refractivity contribution in [2.45, 2.75) is 19.4 Å². The Balaban J connectivity index is 2.80. The summed E-state index contributed by atoms with van der Waals surface area (Å²) in [5.41, 5.74) is -0.888. The number of ether oxygens (including phenoxy) is 1. The van der Waals surface area contributed by atoms with Crippen LogP contribution in [0.5, 0.6) is 5.75 Å². The van der Waals surface area contributed by atoms with E-state index in [0.29, 0.717) is 5.75 Å². The first kappa shape index (κ1) is 10.3. The standard InChI is InChI=1S/C10H10BrO2/c1-10(2,7-12)13-9-5-3-4-8(11)6-9/h3-6H,1-2H3. The van der Waals surface area contributed by atoms with Gasteiger partial charge in [0.15, 0.2) is 5.60 Å². The number of hydrogen-bond donors (Lipinski definition) is 0. The lowest BCUT2D eigenvalue weighted by Gasteiger charge is -2.18. The van der Waals surface area contributed by atoms with Crippen molar-refractivity contribution in [1.29, 1.82) is 0 Å². The molecule has 3 heteroatoms. The van der Waals surface area contributed by atoms with Crippen LogP contribution in [-0.4, -0.2) is 11.9 Å². The number of rotatable bonds is 3. The van der Waals surface area contributed by atoms with Gasteiger partial charge in [0.1, 0.15) is 5.75 Å². The minimum atomic E-state index is -0.888. The molecule has 1 aromatic carbocycles. The molecule has 0 spiro atoms. The van der Waals surface area contributed by atoms with Crippen molar-refractivity contribution >= 4 is 22.2 Å². The van der Waals surface area contributed by atoms with Gasteiger partial charge in [-0.25, -0.2) is 0 Å². The van der Waals surface area contributed by atoms with Gasteiger partial charge in [-0.15, -0.1) is 0 Å². The Morgan fingerprint density at radius 3 is 2.69 bits per heavy atom. The SMILES string of the molecule is CC(C)([C]=O)Oc1cccc(Br)c1. The Hall–Kier alpha value is -0.830. The minimum Gasteiger partial charge on any atom is -0.480 e. The zero-order chi connectivity index (χ0) is 9.90. The van der Waals surface area contributed by atoms with Gasteiger partial charge in [0, 0.05) is 4.47 Å². The van der Waals surface area contributed by atoms with E-state index >= 15 is 0 Å². The molecule has 0 atom stereocenters. The van der Waals surface area contributed by atoms with E-state index in [1.807, 2.05) is 18.4 Å². The highest BCUT2D eigenvalue weighted by molar-refractivity contribution is 9.10. The van der Waals surface area contributed by atoms with E-state index in [1.54, 1.807) is 26.0 Å². The quantitative estimate of drug-likeness (QED) is 0.814.